The zero-order valence-corrected chi connectivity index (χ0v) is 22.4. The summed E-state index contributed by atoms with van der Waals surface area (Å²) in [6.45, 7) is 13.5. The Morgan fingerprint density at radius 3 is 2.00 bits per heavy atom. The summed E-state index contributed by atoms with van der Waals surface area (Å²) < 4.78 is 0. The van der Waals surface area contributed by atoms with Crippen LogP contribution in [0.3, 0.4) is 0 Å². The number of amides is 3. The summed E-state index contributed by atoms with van der Waals surface area (Å²) in [5, 5.41) is 10.2. The standard InChI is InChI=1S/C23H46N4O4S/c1-10-11-19(28)26(8)18(15-32-13-12-25(7)16-22(2,3)4)21(30)27(9)17(20(24)29)14-23(5,6)31/h17-18,31H,10-16H2,1-9H3,(H2,24,29)/t17-,18+/m0/s1. The SMILES string of the molecule is CCCC(=O)N(C)[C@H](CSCCN(C)CC(C)(C)C)C(=O)N(C)[C@@H](CC(C)(C)O)C(N)=O. The first kappa shape index (κ1) is 30.7. The molecule has 0 aromatic carbocycles. The van der Waals surface area contributed by atoms with E-state index < -0.39 is 23.6 Å². The molecule has 0 saturated carbocycles. The van der Waals surface area contributed by atoms with Gasteiger partial charge in [0, 0.05) is 51.5 Å². The Morgan fingerprint density at radius 1 is 1.00 bits per heavy atom. The number of likely N-dealkylation sites (N-methyl/N-ethyl adjacent to an activating group) is 2. The van der Waals surface area contributed by atoms with Crippen LogP contribution in [-0.2, 0) is 14.4 Å². The molecule has 3 N–H and O–H groups in total. The van der Waals surface area contributed by atoms with Crippen LogP contribution in [0.1, 0.15) is 60.8 Å². The number of hydrogen-bond acceptors (Lipinski definition) is 6. The van der Waals surface area contributed by atoms with Crippen molar-refractivity contribution in [3.8, 4) is 0 Å². The second-order valence-electron chi connectivity index (χ2n) is 10.5. The van der Waals surface area contributed by atoms with Gasteiger partial charge in [0.2, 0.25) is 17.7 Å². The third kappa shape index (κ3) is 12.1. The Labute approximate surface area is 199 Å². The van der Waals surface area contributed by atoms with Gasteiger partial charge >= 0.3 is 0 Å². The first-order valence-electron chi connectivity index (χ1n) is 11.3. The van der Waals surface area contributed by atoms with Gasteiger partial charge in [-0.2, -0.15) is 11.8 Å². The molecule has 0 aromatic heterocycles. The maximum absolute atomic E-state index is 13.4. The molecule has 0 aliphatic carbocycles. The number of nitrogens with two attached hydrogens (primary N) is 1. The minimum atomic E-state index is -1.17. The molecule has 188 valence electrons. The van der Waals surface area contributed by atoms with Crippen molar-refractivity contribution in [2.75, 3.05) is 45.7 Å². The van der Waals surface area contributed by atoms with Gasteiger partial charge in [-0.15, -0.1) is 0 Å². The lowest BCUT2D eigenvalue weighted by Gasteiger charge is -2.35. The molecule has 9 heteroatoms. The fourth-order valence-electron chi connectivity index (χ4n) is 3.51. The van der Waals surface area contributed by atoms with Gasteiger partial charge in [-0.05, 0) is 32.7 Å². The molecule has 0 unspecified atom stereocenters. The van der Waals surface area contributed by atoms with E-state index in [0.29, 0.717) is 18.6 Å². The maximum atomic E-state index is 13.4. The zero-order valence-electron chi connectivity index (χ0n) is 21.6. The summed E-state index contributed by atoms with van der Waals surface area (Å²) in [6, 6.07) is -1.66. The van der Waals surface area contributed by atoms with Gasteiger partial charge in [-0.25, -0.2) is 0 Å². The van der Waals surface area contributed by atoms with Gasteiger partial charge in [0.1, 0.15) is 12.1 Å². The molecule has 0 radical (unpaired) electrons. The highest BCUT2D eigenvalue weighted by molar-refractivity contribution is 7.99. The van der Waals surface area contributed by atoms with Crippen molar-refractivity contribution in [2.24, 2.45) is 11.1 Å². The lowest BCUT2D eigenvalue weighted by atomic mass is 9.96. The summed E-state index contributed by atoms with van der Waals surface area (Å²) in [6.07, 6.45) is 1.06. The smallest absolute Gasteiger partial charge is 0.246 e. The fourth-order valence-corrected chi connectivity index (χ4v) is 4.70. The summed E-state index contributed by atoms with van der Waals surface area (Å²) in [5.41, 5.74) is 4.58. The lowest BCUT2D eigenvalue weighted by molar-refractivity contribution is -0.147. The molecule has 32 heavy (non-hydrogen) atoms. The third-order valence-corrected chi connectivity index (χ3v) is 6.11. The average molecular weight is 475 g/mol. The van der Waals surface area contributed by atoms with E-state index >= 15 is 0 Å². The fraction of sp³-hybridized carbons (Fsp3) is 0.870. The highest BCUT2D eigenvalue weighted by Crippen LogP contribution is 2.19. The molecule has 0 fully saturated rings. The number of aliphatic hydroxyl groups is 1. The van der Waals surface area contributed by atoms with E-state index in [1.807, 2.05) is 6.92 Å². The van der Waals surface area contributed by atoms with Crippen molar-refractivity contribution in [3.63, 3.8) is 0 Å². The first-order chi connectivity index (χ1) is 14.5. The summed E-state index contributed by atoms with van der Waals surface area (Å²) in [4.78, 5) is 43.0. The highest BCUT2D eigenvalue weighted by Gasteiger charge is 2.36. The second kappa shape index (κ2) is 13.4. The Hall–Kier alpha value is -1.32. The van der Waals surface area contributed by atoms with E-state index in [9.17, 15) is 19.5 Å². The van der Waals surface area contributed by atoms with E-state index in [-0.39, 0.29) is 23.7 Å². The zero-order chi connectivity index (χ0) is 25.3. The molecular formula is C23H46N4O4S. The monoisotopic (exact) mass is 474 g/mol. The van der Waals surface area contributed by atoms with Crippen molar-refractivity contribution in [2.45, 2.75) is 78.5 Å². The normalized spacial score (nSPS) is 14.2. The number of rotatable bonds is 14. The number of carbonyl (C=O) groups is 3. The molecular weight excluding hydrogens is 428 g/mol. The van der Waals surface area contributed by atoms with E-state index in [1.165, 1.54) is 16.8 Å². The average Bonchev–Trinajstić information content (AvgIpc) is 2.62. The predicted octanol–water partition coefficient (Wildman–Crippen LogP) is 1.80. The van der Waals surface area contributed by atoms with Crippen LogP contribution >= 0.6 is 11.8 Å². The molecule has 0 heterocycles. The Balaban J connectivity index is 5.36. The van der Waals surface area contributed by atoms with Gasteiger partial charge in [-0.1, -0.05) is 27.7 Å². The maximum Gasteiger partial charge on any atom is 0.246 e. The van der Waals surface area contributed by atoms with Crippen molar-refractivity contribution < 1.29 is 19.5 Å². The minimum Gasteiger partial charge on any atom is -0.390 e. The molecule has 3 amide bonds. The van der Waals surface area contributed by atoms with Crippen molar-refractivity contribution in [1.82, 2.24) is 14.7 Å². The van der Waals surface area contributed by atoms with Crippen molar-refractivity contribution in [1.29, 1.82) is 0 Å². The molecule has 0 aliphatic heterocycles. The number of nitrogens with zero attached hydrogens (tertiary/aromatic N) is 3. The predicted molar refractivity (Wildman–Crippen MR) is 132 cm³/mol. The second-order valence-corrected chi connectivity index (χ2v) is 11.7. The van der Waals surface area contributed by atoms with Gasteiger partial charge in [0.25, 0.3) is 0 Å². The van der Waals surface area contributed by atoms with E-state index in [4.69, 9.17) is 5.73 Å². The molecule has 0 aromatic rings. The summed E-state index contributed by atoms with van der Waals surface area (Å²) in [7, 11) is 5.22. The van der Waals surface area contributed by atoms with E-state index in [1.54, 1.807) is 32.7 Å². The molecule has 2 atom stereocenters. The highest BCUT2D eigenvalue weighted by atomic mass is 32.2. The van der Waals surface area contributed by atoms with Crippen molar-refractivity contribution in [3.05, 3.63) is 0 Å². The largest absolute Gasteiger partial charge is 0.390 e. The Morgan fingerprint density at radius 2 is 1.56 bits per heavy atom. The van der Waals surface area contributed by atoms with Crippen LogP contribution in [0.5, 0.6) is 0 Å². The van der Waals surface area contributed by atoms with Gasteiger partial charge < -0.3 is 25.5 Å². The van der Waals surface area contributed by atoms with Gasteiger partial charge in [0.05, 0.1) is 5.60 Å². The quantitative estimate of drug-likeness (QED) is 0.372. The molecule has 0 spiro atoms. The molecule has 0 bridgehead atoms. The number of hydrogen-bond donors (Lipinski definition) is 2. The van der Waals surface area contributed by atoms with Gasteiger partial charge in [0.15, 0.2) is 0 Å². The number of primary amides is 1. The molecule has 0 aliphatic rings. The van der Waals surface area contributed by atoms with Crippen LogP contribution < -0.4 is 5.73 Å². The third-order valence-electron chi connectivity index (χ3n) is 5.08. The van der Waals surface area contributed by atoms with Crippen LogP contribution in [0.4, 0.5) is 0 Å². The first-order valence-corrected chi connectivity index (χ1v) is 12.5. The minimum absolute atomic E-state index is 0.0225. The number of thioether (sulfide) groups is 1. The molecule has 0 rings (SSSR count). The summed E-state index contributed by atoms with van der Waals surface area (Å²) >= 11 is 1.61. The summed E-state index contributed by atoms with van der Waals surface area (Å²) in [5.74, 6) is 0.106. The lowest BCUT2D eigenvalue weighted by Crippen LogP contribution is -2.56. The van der Waals surface area contributed by atoms with Crippen LogP contribution in [-0.4, -0.2) is 101 Å². The van der Waals surface area contributed by atoms with E-state index in [2.05, 4.69) is 32.7 Å². The van der Waals surface area contributed by atoms with Crippen LogP contribution in [0.25, 0.3) is 0 Å². The molecule has 8 nitrogen and oxygen atoms in total. The van der Waals surface area contributed by atoms with Crippen LogP contribution in [0.2, 0.25) is 0 Å². The van der Waals surface area contributed by atoms with E-state index in [0.717, 1.165) is 18.8 Å². The van der Waals surface area contributed by atoms with Gasteiger partial charge in [-0.3, -0.25) is 14.4 Å². The number of carbonyl (C=O) groups excluding carboxylic acids is 3. The van der Waals surface area contributed by atoms with Crippen LogP contribution in [0.15, 0.2) is 0 Å². The molecule has 0 saturated heterocycles. The Kier molecular flexibility index (Phi) is 12.8. The topological polar surface area (TPSA) is 107 Å². The van der Waals surface area contributed by atoms with Crippen molar-refractivity contribution >= 4 is 29.5 Å². The van der Waals surface area contributed by atoms with Crippen LogP contribution in [0, 0.1) is 5.41 Å². The Bertz CT molecular complexity index is 616.